The summed E-state index contributed by atoms with van der Waals surface area (Å²) < 4.78 is 13.3. The summed E-state index contributed by atoms with van der Waals surface area (Å²) in [5, 5.41) is 0.486. The van der Waals surface area contributed by atoms with Gasteiger partial charge < -0.3 is 15.2 Å². The summed E-state index contributed by atoms with van der Waals surface area (Å²) in [7, 11) is 0. The van der Waals surface area contributed by atoms with Crippen LogP contribution in [0.1, 0.15) is 89.4 Å². The minimum atomic E-state index is -1.44. The van der Waals surface area contributed by atoms with E-state index in [9.17, 15) is 14.4 Å². The normalized spacial score (nSPS) is 15.4. The molecule has 0 aliphatic carbocycles. The number of imide groups is 1. The second-order valence-corrected chi connectivity index (χ2v) is 13.9. The summed E-state index contributed by atoms with van der Waals surface area (Å²) >= 11 is 6.26. The highest BCUT2D eigenvalue weighted by molar-refractivity contribution is 6.31. The first kappa shape index (κ1) is 34.0. The van der Waals surface area contributed by atoms with Gasteiger partial charge in [-0.2, -0.15) is 0 Å². The molecule has 0 saturated carbocycles. The third-order valence-corrected chi connectivity index (χ3v) is 9.78. The molecule has 4 aromatic rings. The number of ether oxygens (including phenoxy) is 2. The van der Waals surface area contributed by atoms with Crippen molar-refractivity contribution < 1.29 is 19.1 Å². The lowest BCUT2D eigenvalue weighted by Crippen LogP contribution is -2.33. The Labute approximate surface area is 280 Å². The van der Waals surface area contributed by atoms with E-state index in [-0.39, 0.29) is 44.8 Å². The van der Waals surface area contributed by atoms with Crippen molar-refractivity contribution in [2.45, 2.75) is 91.2 Å². The number of hydrogen-bond donors (Lipinski definition) is 1. The topological polar surface area (TPSA) is 117 Å². The van der Waals surface area contributed by atoms with Crippen LogP contribution in [0.15, 0.2) is 59.4 Å². The number of carbonyl (C=O) groups is 2. The third-order valence-electron chi connectivity index (χ3n) is 9.56. The molecule has 1 aliphatic rings. The smallest absolute Gasteiger partial charge is 0.422 e. The SMILES string of the molecule is CCC(C)(C)c1ccc(OCCCn2c(C3OC(=O)N(c4ccccc4C)C3=O)nc3c(N)cc(Cl)cc3c2=O)c(C(C)(C)CC)c1. The van der Waals surface area contributed by atoms with E-state index in [4.69, 9.17) is 26.8 Å². The van der Waals surface area contributed by atoms with Crippen molar-refractivity contribution >= 4 is 45.9 Å². The zero-order chi connectivity index (χ0) is 34.3. The fourth-order valence-electron chi connectivity index (χ4n) is 5.76. The van der Waals surface area contributed by atoms with Crippen LogP contribution in [0.25, 0.3) is 10.9 Å². The molecule has 1 atom stereocenters. The number of amides is 2. The first-order chi connectivity index (χ1) is 22.2. The van der Waals surface area contributed by atoms with Gasteiger partial charge in [0.25, 0.3) is 11.5 Å². The number of carbonyl (C=O) groups excluding carboxylic acids is 2. The second-order valence-electron chi connectivity index (χ2n) is 13.4. The van der Waals surface area contributed by atoms with Crippen LogP contribution in [-0.4, -0.2) is 28.2 Å². The number of rotatable bonds is 11. The van der Waals surface area contributed by atoms with E-state index in [1.807, 2.05) is 12.1 Å². The lowest BCUT2D eigenvalue weighted by atomic mass is 9.76. The average molecular weight is 659 g/mol. The predicted octanol–water partition coefficient (Wildman–Crippen LogP) is 8.01. The van der Waals surface area contributed by atoms with Gasteiger partial charge in [0.2, 0.25) is 6.10 Å². The third kappa shape index (κ3) is 6.46. The van der Waals surface area contributed by atoms with Crippen LogP contribution in [-0.2, 0) is 26.9 Å². The molecule has 47 heavy (non-hydrogen) atoms. The number of para-hydroxylation sites is 1. The van der Waals surface area contributed by atoms with Crippen LogP contribution in [0, 0.1) is 6.92 Å². The van der Waals surface area contributed by atoms with E-state index in [2.05, 4.69) is 58.7 Å². The van der Waals surface area contributed by atoms with Gasteiger partial charge in [-0.25, -0.2) is 14.7 Å². The molecule has 0 spiro atoms. The van der Waals surface area contributed by atoms with Gasteiger partial charge in [0.1, 0.15) is 11.3 Å². The highest BCUT2D eigenvalue weighted by atomic mass is 35.5. The zero-order valence-electron chi connectivity index (χ0n) is 28.1. The molecule has 1 saturated heterocycles. The molecule has 0 radical (unpaired) electrons. The van der Waals surface area contributed by atoms with Crippen LogP contribution in [0.5, 0.6) is 5.75 Å². The number of hydrogen-bond acceptors (Lipinski definition) is 7. The maximum absolute atomic E-state index is 14.0. The van der Waals surface area contributed by atoms with Crippen LogP contribution in [0.4, 0.5) is 16.2 Å². The van der Waals surface area contributed by atoms with Crippen molar-refractivity contribution in [1.29, 1.82) is 0 Å². The predicted molar refractivity (Wildman–Crippen MR) is 187 cm³/mol. The van der Waals surface area contributed by atoms with Gasteiger partial charge in [-0.3, -0.25) is 14.2 Å². The lowest BCUT2D eigenvalue weighted by molar-refractivity contribution is -0.122. The maximum Gasteiger partial charge on any atom is 0.422 e. The molecule has 9 nitrogen and oxygen atoms in total. The summed E-state index contributed by atoms with van der Waals surface area (Å²) in [6.07, 6.45) is 0.0556. The van der Waals surface area contributed by atoms with Crippen LogP contribution in [0.2, 0.25) is 5.02 Å². The lowest BCUT2D eigenvalue weighted by Gasteiger charge is -2.30. The molecule has 3 aromatic carbocycles. The minimum Gasteiger partial charge on any atom is -0.493 e. The number of aryl methyl sites for hydroxylation is 1. The number of cyclic esters (lactones) is 1. The number of aromatic nitrogens is 2. The molecule has 2 heterocycles. The fourth-order valence-corrected chi connectivity index (χ4v) is 5.99. The zero-order valence-corrected chi connectivity index (χ0v) is 28.9. The van der Waals surface area contributed by atoms with Crippen molar-refractivity contribution in [3.05, 3.63) is 92.5 Å². The van der Waals surface area contributed by atoms with Gasteiger partial charge in [0, 0.05) is 17.1 Å². The molecule has 2 amide bonds. The van der Waals surface area contributed by atoms with Gasteiger partial charge in [-0.1, -0.05) is 83.5 Å². The Balaban J connectivity index is 1.48. The minimum absolute atomic E-state index is 0.00934. The largest absolute Gasteiger partial charge is 0.493 e. The van der Waals surface area contributed by atoms with Gasteiger partial charge in [-0.05, 0) is 72.4 Å². The van der Waals surface area contributed by atoms with E-state index in [1.54, 1.807) is 25.1 Å². The summed E-state index contributed by atoms with van der Waals surface area (Å²) in [5.74, 6) is 0.143. The Bertz CT molecular complexity index is 1920. The highest BCUT2D eigenvalue weighted by Gasteiger charge is 2.45. The molecule has 2 N–H and O–H groups in total. The van der Waals surface area contributed by atoms with E-state index in [0.717, 1.165) is 34.6 Å². The molecule has 1 fully saturated rings. The summed E-state index contributed by atoms with van der Waals surface area (Å²) in [6, 6.07) is 16.4. The fraction of sp³-hybridized carbons (Fsp3) is 0.405. The number of halogens is 1. The summed E-state index contributed by atoms with van der Waals surface area (Å²) in [4.78, 5) is 46.4. The quantitative estimate of drug-likeness (QED) is 0.128. The van der Waals surface area contributed by atoms with E-state index in [0.29, 0.717) is 18.7 Å². The summed E-state index contributed by atoms with van der Waals surface area (Å²) in [5.41, 5.74) is 9.55. The maximum atomic E-state index is 14.0. The van der Waals surface area contributed by atoms with Crippen molar-refractivity contribution in [2.24, 2.45) is 0 Å². The average Bonchev–Trinajstić information content (AvgIpc) is 3.33. The van der Waals surface area contributed by atoms with Crippen molar-refractivity contribution in [1.82, 2.24) is 9.55 Å². The first-order valence-electron chi connectivity index (χ1n) is 16.1. The van der Waals surface area contributed by atoms with Crippen LogP contribution < -0.4 is 20.9 Å². The Morgan fingerprint density at radius 2 is 1.68 bits per heavy atom. The number of benzene rings is 3. The van der Waals surface area contributed by atoms with E-state index in [1.165, 1.54) is 22.3 Å². The molecular weight excluding hydrogens is 616 g/mol. The van der Waals surface area contributed by atoms with Crippen LogP contribution >= 0.6 is 11.6 Å². The molecule has 1 unspecified atom stereocenters. The standard InChI is InChI=1S/C37H43ClN4O5/c1-8-36(4,5)23-15-16-29(26(19-23)37(6,7)9-2)46-18-12-17-41-32(40-30-25(33(41)43)20-24(38)21-27(30)39)31-34(44)42(35(45)47-31)28-14-11-10-13-22(28)3/h10-11,13-16,19-21,31H,8-9,12,17-18,39H2,1-7H3. The van der Waals surface area contributed by atoms with E-state index >= 15 is 0 Å². The van der Waals surface area contributed by atoms with Crippen molar-refractivity contribution in [3.63, 3.8) is 0 Å². The van der Waals surface area contributed by atoms with Crippen LogP contribution in [0.3, 0.4) is 0 Å². The van der Waals surface area contributed by atoms with Crippen molar-refractivity contribution in [2.75, 3.05) is 17.2 Å². The Morgan fingerprint density at radius 3 is 2.36 bits per heavy atom. The summed E-state index contributed by atoms with van der Waals surface area (Å²) in [6.45, 7) is 15.5. The molecule has 10 heteroatoms. The number of nitrogen functional groups attached to an aromatic ring is 1. The highest BCUT2D eigenvalue weighted by Crippen LogP contribution is 2.39. The number of fused-ring (bicyclic) bond motifs is 1. The first-order valence-corrected chi connectivity index (χ1v) is 16.5. The number of anilines is 2. The Hall–Kier alpha value is -4.37. The Morgan fingerprint density at radius 1 is 0.979 bits per heavy atom. The number of nitrogens with zero attached hydrogens (tertiary/aromatic N) is 3. The van der Waals surface area contributed by atoms with Gasteiger partial charge in [0.05, 0.1) is 23.4 Å². The molecular formula is C37H43ClN4O5. The molecule has 248 valence electrons. The second kappa shape index (κ2) is 13.0. The molecule has 0 bridgehead atoms. The molecule has 1 aliphatic heterocycles. The number of nitrogens with two attached hydrogens (primary N) is 1. The van der Waals surface area contributed by atoms with Crippen molar-refractivity contribution in [3.8, 4) is 5.75 Å². The monoisotopic (exact) mass is 658 g/mol. The van der Waals surface area contributed by atoms with E-state index < -0.39 is 23.7 Å². The molecule has 5 rings (SSSR count). The molecule has 1 aromatic heterocycles. The Kier molecular flexibility index (Phi) is 9.42. The van der Waals surface area contributed by atoms with Gasteiger partial charge in [-0.15, -0.1) is 0 Å². The van der Waals surface area contributed by atoms with Gasteiger partial charge in [0.15, 0.2) is 5.82 Å². The van der Waals surface area contributed by atoms with Gasteiger partial charge >= 0.3 is 6.09 Å².